The van der Waals surface area contributed by atoms with Crippen LogP contribution in [-0.2, 0) is 15.9 Å². The topological polar surface area (TPSA) is 18.5 Å². The summed E-state index contributed by atoms with van der Waals surface area (Å²) in [4.78, 5) is 0. The van der Waals surface area contributed by atoms with E-state index in [1.54, 1.807) is 0 Å². The van der Waals surface area contributed by atoms with Gasteiger partial charge in [0.05, 0.1) is 0 Å². The summed E-state index contributed by atoms with van der Waals surface area (Å²) in [5, 5.41) is 0. The van der Waals surface area contributed by atoms with Crippen LogP contribution in [0.5, 0.6) is 0 Å². The SMILES string of the molecule is CCOC(Cc1c(C)c(C)c(C)c(C)c1C)OCC. The van der Waals surface area contributed by atoms with Gasteiger partial charge in [-0.15, -0.1) is 0 Å². The van der Waals surface area contributed by atoms with Gasteiger partial charge in [-0.05, 0) is 81.8 Å². The molecule has 2 nitrogen and oxygen atoms in total. The van der Waals surface area contributed by atoms with Crippen LogP contribution in [0, 0.1) is 34.6 Å². The van der Waals surface area contributed by atoms with Gasteiger partial charge in [-0.25, -0.2) is 0 Å². The first-order valence-electron chi connectivity index (χ1n) is 7.22. The third-order valence-corrected chi connectivity index (χ3v) is 4.23. The minimum absolute atomic E-state index is 0.131. The van der Waals surface area contributed by atoms with E-state index < -0.39 is 0 Å². The minimum Gasteiger partial charge on any atom is -0.353 e. The fourth-order valence-electron chi connectivity index (χ4n) is 2.59. The summed E-state index contributed by atoms with van der Waals surface area (Å²) in [5.41, 5.74) is 8.33. The molecule has 108 valence electrons. The maximum absolute atomic E-state index is 5.68. The summed E-state index contributed by atoms with van der Waals surface area (Å²) in [6, 6.07) is 0. The molecule has 1 aromatic rings. The molecule has 2 heteroatoms. The van der Waals surface area contributed by atoms with Crippen LogP contribution in [-0.4, -0.2) is 19.5 Å². The number of ether oxygens (including phenoxy) is 2. The van der Waals surface area contributed by atoms with Gasteiger partial charge < -0.3 is 9.47 Å². The second kappa shape index (κ2) is 7.06. The molecule has 0 radical (unpaired) electrons. The monoisotopic (exact) mass is 264 g/mol. The zero-order chi connectivity index (χ0) is 14.6. The highest BCUT2D eigenvalue weighted by molar-refractivity contribution is 5.49. The van der Waals surface area contributed by atoms with E-state index in [0.29, 0.717) is 13.2 Å². The molecule has 0 aliphatic rings. The molecule has 1 aromatic carbocycles. The highest BCUT2D eigenvalue weighted by Crippen LogP contribution is 2.27. The maximum atomic E-state index is 5.68. The summed E-state index contributed by atoms with van der Waals surface area (Å²) in [7, 11) is 0. The van der Waals surface area contributed by atoms with Crippen molar-refractivity contribution in [2.24, 2.45) is 0 Å². The fraction of sp³-hybridized carbons (Fsp3) is 0.647. The van der Waals surface area contributed by atoms with Crippen molar-refractivity contribution in [2.75, 3.05) is 13.2 Å². The molecule has 0 amide bonds. The van der Waals surface area contributed by atoms with Gasteiger partial charge in [0.2, 0.25) is 0 Å². The molecule has 0 unspecified atom stereocenters. The van der Waals surface area contributed by atoms with Gasteiger partial charge in [0.15, 0.2) is 6.29 Å². The van der Waals surface area contributed by atoms with E-state index in [9.17, 15) is 0 Å². The lowest BCUT2D eigenvalue weighted by atomic mass is 9.88. The molecule has 0 aliphatic carbocycles. The summed E-state index contributed by atoms with van der Waals surface area (Å²) in [6.45, 7) is 16.4. The van der Waals surface area contributed by atoms with Crippen molar-refractivity contribution in [1.82, 2.24) is 0 Å². The van der Waals surface area contributed by atoms with Crippen LogP contribution in [0.1, 0.15) is 47.2 Å². The lowest BCUT2D eigenvalue weighted by Crippen LogP contribution is -2.22. The number of benzene rings is 1. The van der Waals surface area contributed by atoms with E-state index in [-0.39, 0.29) is 6.29 Å². The standard InChI is InChI=1S/C17H28O2/c1-8-18-17(19-9-2)10-16-14(6)12(4)11(3)13(5)15(16)7/h17H,8-10H2,1-7H3. The Bertz CT molecular complexity index is 400. The molecule has 0 N–H and O–H groups in total. The van der Waals surface area contributed by atoms with Crippen LogP contribution in [0.25, 0.3) is 0 Å². The van der Waals surface area contributed by atoms with Crippen LogP contribution in [0.3, 0.4) is 0 Å². The van der Waals surface area contributed by atoms with Gasteiger partial charge in [0.1, 0.15) is 0 Å². The highest BCUT2D eigenvalue weighted by atomic mass is 16.7. The Morgan fingerprint density at radius 1 is 0.684 bits per heavy atom. The zero-order valence-corrected chi connectivity index (χ0v) is 13.5. The molecule has 0 saturated carbocycles. The summed E-state index contributed by atoms with van der Waals surface area (Å²) in [5.74, 6) is 0. The van der Waals surface area contributed by atoms with E-state index in [1.807, 2.05) is 13.8 Å². The Morgan fingerprint density at radius 2 is 1.05 bits per heavy atom. The van der Waals surface area contributed by atoms with E-state index >= 15 is 0 Å². The van der Waals surface area contributed by atoms with Gasteiger partial charge in [0, 0.05) is 19.6 Å². The van der Waals surface area contributed by atoms with Crippen LogP contribution < -0.4 is 0 Å². The van der Waals surface area contributed by atoms with Crippen molar-refractivity contribution in [3.8, 4) is 0 Å². The average molecular weight is 264 g/mol. The largest absolute Gasteiger partial charge is 0.353 e. The number of hydrogen-bond acceptors (Lipinski definition) is 2. The number of hydrogen-bond donors (Lipinski definition) is 0. The van der Waals surface area contributed by atoms with Gasteiger partial charge in [-0.1, -0.05) is 0 Å². The molecule has 0 saturated heterocycles. The van der Waals surface area contributed by atoms with Crippen LogP contribution in [0.4, 0.5) is 0 Å². The molecular weight excluding hydrogens is 236 g/mol. The van der Waals surface area contributed by atoms with Gasteiger partial charge in [-0.2, -0.15) is 0 Å². The van der Waals surface area contributed by atoms with E-state index in [0.717, 1.165) is 6.42 Å². The first-order chi connectivity index (χ1) is 8.93. The van der Waals surface area contributed by atoms with Crippen molar-refractivity contribution in [1.29, 1.82) is 0 Å². The second-order valence-electron chi connectivity index (χ2n) is 5.15. The van der Waals surface area contributed by atoms with Crippen LogP contribution >= 0.6 is 0 Å². The first kappa shape index (κ1) is 16.2. The first-order valence-corrected chi connectivity index (χ1v) is 7.22. The number of rotatable bonds is 6. The van der Waals surface area contributed by atoms with E-state index in [4.69, 9.17) is 9.47 Å². The molecule has 0 fully saturated rings. The summed E-state index contributed by atoms with van der Waals surface area (Å²) >= 11 is 0. The molecule has 0 spiro atoms. The molecule has 0 aliphatic heterocycles. The zero-order valence-electron chi connectivity index (χ0n) is 13.5. The Labute approximate surface area is 118 Å². The van der Waals surface area contributed by atoms with Crippen molar-refractivity contribution in [2.45, 2.75) is 61.2 Å². The Morgan fingerprint density at radius 3 is 1.42 bits per heavy atom. The Kier molecular flexibility index (Phi) is 6.02. The van der Waals surface area contributed by atoms with Crippen molar-refractivity contribution < 1.29 is 9.47 Å². The van der Waals surface area contributed by atoms with Crippen LogP contribution in [0.2, 0.25) is 0 Å². The van der Waals surface area contributed by atoms with E-state index in [2.05, 4.69) is 34.6 Å². The smallest absolute Gasteiger partial charge is 0.161 e. The molecule has 0 heterocycles. The second-order valence-corrected chi connectivity index (χ2v) is 5.15. The Balaban J connectivity index is 3.12. The fourth-order valence-corrected chi connectivity index (χ4v) is 2.59. The minimum atomic E-state index is -0.131. The molecular formula is C17H28O2. The molecule has 0 bridgehead atoms. The van der Waals surface area contributed by atoms with Gasteiger partial charge >= 0.3 is 0 Å². The van der Waals surface area contributed by atoms with Gasteiger partial charge in [0.25, 0.3) is 0 Å². The quantitative estimate of drug-likeness (QED) is 0.718. The average Bonchev–Trinajstić information content (AvgIpc) is 2.39. The molecule has 1 rings (SSSR count). The lowest BCUT2D eigenvalue weighted by molar-refractivity contribution is -0.134. The predicted octanol–water partition coefficient (Wildman–Crippen LogP) is 4.17. The maximum Gasteiger partial charge on any atom is 0.161 e. The normalized spacial score (nSPS) is 11.4. The molecule has 0 aromatic heterocycles. The third-order valence-electron chi connectivity index (χ3n) is 4.23. The van der Waals surface area contributed by atoms with Crippen molar-refractivity contribution >= 4 is 0 Å². The third kappa shape index (κ3) is 3.58. The van der Waals surface area contributed by atoms with Crippen LogP contribution in [0.15, 0.2) is 0 Å². The van der Waals surface area contributed by atoms with Crippen molar-refractivity contribution in [3.05, 3.63) is 33.4 Å². The molecule has 0 atom stereocenters. The molecule has 19 heavy (non-hydrogen) atoms. The lowest BCUT2D eigenvalue weighted by Gasteiger charge is -2.23. The van der Waals surface area contributed by atoms with Crippen molar-refractivity contribution in [3.63, 3.8) is 0 Å². The van der Waals surface area contributed by atoms with E-state index in [1.165, 1.54) is 33.4 Å². The van der Waals surface area contributed by atoms with Gasteiger partial charge in [-0.3, -0.25) is 0 Å². The highest BCUT2D eigenvalue weighted by Gasteiger charge is 2.17. The summed E-state index contributed by atoms with van der Waals surface area (Å²) in [6.07, 6.45) is 0.704. The summed E-state index contributed by atoms with van der Waals surface area (Å²) < 4.78 is 11.4. The predicted molar refractivity (Wildman–Crippen MR) is 80.9 cm³/mol. The Hall–Kier alpha value is -0.860.